The van der Waals surface area contributed by atoms with E-state index in [-0.39, 0.29) is 0 Å². The van der Waals surface area contributed by atoms with Crippen LogP contribution in [0.15, 0.2) is 37.5 Å². The third-order valence-corrected chi connectivity index (χ3v) is 1.92. The van der Waals surface area contributed by atoms with Crippen molar-refractivity contribution in [1.82, 2.24) is 4.90 Å². The summed E-state index contributed by atoms with van der Waals surface area (Å²) < 4.78 is 0. The highest BCUT2D eigenvalue weighted by atomic mass is 15.0. The van der Waals surface area contributed by atoms with Crippen molar-refractivity contribution in [3.05, 3.63) is 37.5 Å². The Morgan fingerprint density at radius 3 is 1.94 bits per heavy atom. The molecule has 17 heavy (non-hydrogen) atoms. The Balaban J connectivity index is -0.000000213. The maximum absolute atomic E-state index is 5.69. The fourth-order valence-electron chi connectivity index (χ4n) is 0.864. The predicted octanol–water partition coefficient (Wildman–Crippen LogP) is 3.62. The van der Waals surface area contributed by atoms with Crippen LogP contribution in [0.1, 0.15) is 33.6 Å². The van der Waals surface area contributed by atoms with E-state index in [1.54, 1.807) is 6.08 Å². The van der Waals surface area contributed by atoms with Crippen molar-refractivity contribution in [2.75, 3.05) is 20.6 Å². The lowest BCUT2D eigenvalue weighted by Crippen LogP contribution is -2.25. The zero-order chi connectivity index (χ0) is 14.3. The van der Waals surface area contributed by atoms with Gasteiger partial charge >= 0.3 is 0 Å². The van der Waals surface area contributed by atoms with Crippen molar-refractivity contribution in [3.8, 4) is 0 Å². The molecule has 0 amide bonds. The minimum Gasteiger partial charge on any atom is -0.328 e. The van der Waals surface area contributed by atoms with Gasteiger partial charge in [-0.05, 0) is 47.3 Å². The first-order valence-electron chi connectivity index (χ1n) is 6.10. The minimum absolute atomic E-state index is 0.396. The molecule has 0 aliphatic carbocycles. The van der Waals surface area contributed by atoms with E-state index in [2.05, 4.69) is 45.7 Å². The van der Waals surface area contributed by atoms with Crippen LogP contribution in [-0.4, -0.2) is 31.6 Å². The van der Waals surface area contributed by atoms with Gasteiger partial charge in [0.25, 0.3) is 0 Å². The van der Waals surface area contributed by atoms with Crippen molar-refractivity contribution in [3.63, 3.8) is 0 Å². The molecule has 0 aromatic carbocycles. The van der Waals surface area contributed by atoms with Gasteiger partial charge in [0, 0.05) is 6.04 Å². The highest BCUT2D eigenvalue weighted by molar-refractivity contribution is 5.04. The summed E-state index contributed by atoms with van der Waals surface area (Å²) >= 11 is 0. The quantitative estimate of drug-likeness (QED) is 0.587. The van der Waals surface area contributed by atoms with Crippen LogP contribution in [0.5, 0.6) is 0 Å². The second kappa shape index (κ2) is 17.5. The highest BCUT2D eigenvalue weighted by Crippen LogP contribution is 1.93. The summed E-state index contributed by atoms with van der Waals surface area (Å²) in [5.74, 6) is 0. The molecular weight excluding hydrogens is 208 g/mol. The molecule has 0 heterocycles. The molecular formula is C15H32N2. The first-order valence-corrected chi connectivity index (χ1v) is 6.10. The molecule has 102 valence electrons. The van der Waals surface area contributed by atoms with Crippen LogP contribution in [0, 0.1) is 0 Å². The molecule has 0 fully saturated rings. The second-order valence-corrected chi connectivity index (χ2v) is 4.24. The summed E-state index contributed by atoms with van der Waals surface area (Å²) in [5.41, 5.74) is 6.99. The van der Waals surface area contributed by atoms with Crippen LogP contribution in [0.2, 0.25) is 0 Å². The first kappa shape index (κ1) is 21.4. The van der Waals surface area contributed by atoms with Crippen molar-refractivity contribution in [2.45, 2.75) is 39.7 Å². The third kappa shape index (κ3) is 31.3. The number of allylic oxidation sites excluding steroid dienone is 3. The van der Waals surface area contributed by atoms with Crippen molar-refractivity contribution < 1.29 is 0 Å². The maximum Gasteiger partial charge on any atom is 0.00483 e. The second-order valence-electron chi connectivity index (χ2n) is 4.24. The lowest BCUT2D eigenvalue weighted by Gasteiger charge is -2.12. The lowest BCUT2D eigenvalue weighted by atomic mass is 10.2. The topological polar surface area (TPSA) is 29.3 Å². The van der Waals surface area contributed by atoms with Crippen LogP contribution in [-0.2, 0) is 0 Å². The van der Waals surface area contributed by atoms with E-state index in [4.69, 9.17) is 5.73 Å². The van der Waals surface area contributed by atoms with Gasteiger partial charge in [0.05, 0.1) is 0 Å². The lowest BCUT2D eigenvalue weighted by molar-refractivity contribution is 0.378. The van der Waals surface area contributed by atoms with Gasteiger partial charge in [0.2, 0.25) is 0 Å². The zero-order valence-corrected chi connectivity index (χ0v) is 12.5. The molecule has 0 rings (SSSR count). The molecule has 0 saturated carbocycles. The Bertz CT molecular complexity index is 179. The predicted molar refractivity (Wildman–Crippen MR) is 82.3 cm³/mol. The van der Waals surface area contributed by atoms with Gasteiger partial charge in [0.1, 0.15) is 0 Å². The van der Waals surface area contributed by atoms with Gasteiger partial charge in [-0.2, -0.15) is 0 Å². The summed E-state index contributed by atoms with van der Waals surface area (Å²) in [6, 6.07) is 0.396. The Morgan fingerprint density at radius 1 is 1.29 bits per heavy atom. The molecule has 2 nitrogen and oxygen atoms in total. The van der Waals surface area contributed by atoms with Crippen LogP contribution >= 0.6 is 0 Å². The fraction of sp³-hybridized carbons (Fsp3) is 0.600. The van der Waals surface area contributed by atoms with Crippen LogP contribution < -0.4 is 5.73 Å². The van der Waals surface area contributed by atoms with Crippen molar-refractivity contribution >= 4 is 0 Å². The third-order valence-electron chi connectivity index (χ3n) is 1.92. The molecule has 0 aromatic rings. The molecule has 0 radical (unpaired) electrons. The van der Waals surface area contributed by atoms with Crippen LogP contribution in [0.3, 0.4) is 0 Å². The number of nitrogens with zero attached hydrogens (tertiary/aromatic N) is 1. The summed E-state index contributed by atoms with van der Waals surface area (Å²) in [5, 5.41) is 0. The molecule has 0 spiro atoms. The number of hydrogen-bond acceptors (Lipinski definition) is 2. The van der Waals surface area contributed by atoms with Gasteiger partial charge in [0.15, 0.2) is 0 Å². The molecule has 2 heteroatoms. The number of rotatable bonds is 5. The van der Waals surface area contributed by atoms with Crippen LogP contribution in [0.4, 0.5) is 0 Å². The summed E-state index contributed by atoms with van der Waals surface area (Å²) in [6.07, 6.45) is 5.96. The van der Waals surface area contributed by atoms with E-state index in [0.717, 1.165) is 19.4 Å². The smallest absolute Gasteiger partial charge is 0.00483 e. The van der Waals surface area contributed by atoms with Crippen LogP contribution in [0.25, 0.3) is 0 Å². The molecule has 0 bridgehead atoms. The molecule has 1 atom stereocenters. The Kier molecular flexibility index (Phi) is 22.1. The maximum atomic E-state index is 5.69. The fourth-order valence-corrected chi connectivity index (χ4v) is 0.864. The summed E-state index contributed by atoms with van der Waals surface area (Å²) in [4.78, 5) is 2.16. The summed E-state index contributed by atoms with van der Waals surface area (Å²) in [7, 11) is 4.14. The Labute approximate surface area is 109 Å². The average Bonchev–Trinajstić information content (AvgIpc) is 2.29. The van der Waals surface area contributed by atoms with E-state index in [1.807, 2.05) is 19.9 Å². The standard InChI is InChI=1S/C7H18N2.C6H10.C2H4/c1-4-7(8)5-6-9(2)3;1-4-5-6(2)3;1-2/h7H,4-6,8H2,1-3H3;4-5H,1H2,2-3H3;1-2H2. The highest BCUT2D eigenvalue weighted by Gasteiger charge is 1.97. The van der Waals surface area contributed by atoms with E-state index < -0.39 is 0 Å². The molecule has 0 saturated heterocycles. The number of hydrogen-bond donors (Lipinski definition) is 1. The van der Waals surface area contributed by atoms with Gasteiger partial charge in [-0.15, -0.1) is 13.2 Å². The van der Waals surface area contributed by atoms with E-state index in [9.17, 15) is 0 Å². The average molecular weight is 240 g/mol. The van der Waals surface area contributed by atoms with E-state index in [0.29, 0.717) is 6.04 Å². The van der Waals surface area contributed by atoms with Gasteiger partial charge in [-0.3, -0.25) is 0 Å². The van der Waals surface area contributed by atoms with Crippen molar-refractivity contribution in [2.24, 2.45) is 5.73 Å². The summed E-state index contributed by atoms with van der Waals surface area (Å²) in [6.45, 7) is 16.8. The molecule has 0 aliphatic heterocycles. The van der Waals surface area contributed by atoms with Crippen molar-refractivity contribution in [1.29, 1.82) is 0 Å². The Hall–Kier alpha value is -0.860. The van der Waals surface area contributed by atoms with E-state index in [1.165, 1.54) is 5.57 Å². The first-order chi connectivity index (χ1) is 7.93. The molecule has 2 N–H and O–H groups in total. The van der Waals surface area contributed by atoms with E-state index >= 15 is 0 Å². The normalized spacial score (nSPS) is 10.3. The van der Waals surface area contributed by atoms with Gasteiger partial charge < -0.3 is 10.6 Å². The zero-order valence-electron chi connectivity index (χ0n) is 12.5. The monoisotopic (exact) mass is 240 g/mol. The minimum atomic E-state index is 0.396. The van der Waals surface area contributed by atoms with Gasteiger partial charge in [-0.25, -0.2) is 0 Å². The number of nitrogens with two attached hydrogens (primary N) is 1. The van der Waals surface area contributed by atoms with Gasteiger partial charge in [-0.1, -0.05) is 31.2 Å². The molecule has 0 aromatic heterocycles. The Morgan fingerprint density at radius 2 is 1.76 bits per heavy atom. The molecule has 0 aliphatic rings. The largest absolute Gasteiger partial charge is 0.328 e. The SMILES string of the molecule is C=C.C=CC=C(C)C.CCC(N)CCN(C)C. The molecule has 1 unspecified atom stereocenters.